The van der Waals surface area contributed by atoms with Gasteiger partial charge in [0, 0.05) is 32.6 Å². The van der Waals surface area contributed by atoms with E-state index in [9.17, 15) is 24.6 Å². The molecule has 0 bridgehead atoms. The summed E-state index contributed by atoms with van der Waals surface area (Å²) in [5, 5.41) is 23.6. The molecule has 1 aliphatic carbocycles. The van der Waals surface area contributed by atoms with Crippen LogP contribution in [0.3, 0.4) is 0 Å². The van der Waals surface area contributed by atoms with Crippen LogP contribution in [0.1, 0.15) is 87.1 Å². The molecule has 0 radical (unpaired) electrons. The Bertz CT molecular complexity index is 1270. The van der Waals surface area contributed by atoms with E-state index in [1.165, 1.54) is 0 Å². The fourth-order valence-corrected chi connectivity index (χ4v) is 6.97. The maximum atomic E-state index is 13.8. The molecule has 2 aromatic carbocycles. The highest BCUT2D eigenvalue weighted by Gasteiger charge is 2.54. The summed E-state index contributed by atoms with van der Waals surface area (Å²) in [6, 6.07) is 14.4. The molecular formula is C33H44ClN3O5. The van der Waals surface area contributed by atoms with Gasteiger partial charge in [0.15, 0.2) is 0 Å². The molecule has 2 amide bonds. The zero-order chi connectivity index (χ0) is 29.0. The molecule has 1 saturated carbocycles. The van der Waals surface area contributed by atoms with Crippen molar-refractivity contribution < 1.29 is 24.6 Å². The topological polar surface area (TPSA) is 110 Å². The molecular weight excluding hydrogens is 554 g/mol. The van der Waals surface area contributed by atoms with E-state index in [1.807, 2.05) is 23.1 Å². The first-order valence-corrected chi connectivity index (χ1v) is 15.2. The van der Waals surface area contributed by atoms with Crippen molar-refractivity contribution in [2.75, 3.05) is 19.6 Å². The third-order valence-electron chi connectivity index (χ3n) is 9.37. The summed E-state index contributed by atoms with van der Waals surface area (Å²) in [5.41, 5.74) is 1.49. The van der Waals surface area contributed by atoms with Gasteiger partial charge in [-0.1, -0.05) is 62.9 Å². The fraction of sp³-hybridized carbons (Fsp3) is 0.545. The molecule has 0 aromatic heterocycles. The van der Waals surface area contributed by atoms with Crippen molar-refractivity contribution in [1.29, 1.82) is 0 Å². The second kappa shape index (κ2) is 13.6. The van der Waals surface area contributed by atoms with Gasteiger partial charge in [-0.15, -0.1) is 12.4 Å². The van der Waals surface area contributed by atoms with Gasteiger partial charge >= 0.3 is 5.97 Å². The maximum absolute atomic E-state index is 13.8. The first kappa shape index (κ1) is 32.0. The lowest BCUT2D eigenvalue weighted by atomic mass is 9.77. The van der Waals surface area contributed by atoms with E-state index >= 15 is 0 Å². The molecule has 2 saturated heterocycles. The SMILES string of the molecule is CCCCN1C(=O)[C@@H](CC2(O)CCCCC2)NC(=O)C12CCN(Cc1cccc(-c3cccc(C(=O)O)c3)c1)CC2.Cl. The van der Waals surface area contributed by atoms with Crippen LogP contribution in [0.5, 0.6) is 0 Å². The molecule has 2 aromatic rings. The van der Waals surface area contributed by atoms with Gasteiger partial charge in [-0.3, -0.25) is 14.5 Å². The zero-order valence-corrected chi connectivity index (χ0v) is 25.3. The summed E-state index contributed by atoms with van der Waals surface area (Å²) in [4.78, 5) is 43.2. The lowest BCUT2D eigenvalue weighted by Gasteiger charge is -2.52. The summed E-state index contributed by atoms with van der Waals surface area (Å²) >= 11 is 0. The minimum atomic E-state index is -0.945. The van der Waals surface area contributed by atoms with Crippen LogP contribution in [0, 0.1) is 0 Å². The van der Waals surface area contributed by atoms with E-state index in [0.717, 1.165) is 48.8 Å². The molecule has 3 fully saturated rings. The van der Waals surface area contributed by atoms with Gasteiger partial charge in [0.2, 0.25) is 11.8 Å². The Morgan fingerprint density at radius 2 is 1.64 bits per heavy atom. The second-order valence-electron chi connectivity index (χ2n) is 12.3. The summed E-state index contributed by atoms with van der Waals surface area (Å²) in [6.07, 6.45) is 7.64. The quantitative estimate of drug-likeness (QED) is 0.374. The highest BCUT2D eigenvalue weighted by atomic mass is 35.5. The number of piperidine rings is 1. The molecule has 0 unspecified atom stereocenters. The lowest BCUT2D eigenvalue weighted by Crippen LogP contribution is -2.73. The predicted molar refractivity (Wildman–Crippen MR) is 165 cm³/mol. The van der Waals surface area contributed by atoms with Gasteiger partial charge in [-0.2, -0.15) is 0 Å². The first-order chi connectivity index (χ1) is 19.7. The van der Waals surface area contributed by atoms with Gasteiger partial charge < -0.3 is 20.4 Å². The van der Waals surface area contributed by atoms with Crippen LogP contribution < -0.4 is 5.32 Å². The Hall–Kier alpha value is -2.94. The Labute approximate surface area is 254 Å². The molecule has 9 heteroatoms. The van der Waals surface area contributed by atoms with Gasteiger partial charge in [0.25, 0.3) is 0 Å². The molecule has 228 valence electrons. The number of likely N-dealkylation sites (tertiary alicyclic amines) is 1. The fourth-order valence-electron chi connectivity index (χ4n) is 6.97. The van der Waals surface area contributed by atoms with Crippen LogP contribution in [-0.4, -0.2) is 74.6 Å². The third kappa shape index (κ3) is 6.82. The number of carbonyl (C=O) groups is 3. The number of aromatic carboxylic acids is 1. The Kier molecular flexibility index (Phi) is 10.3. The summed E-state index contributed by atoms with van der Waals surface area (Å²) in [7, 11) is 0. The summed E-state index contributed by atoms with van der Waals surface area (Å²) in [5.74, 6) is -1.06. The number of carboxylic acids is 1. The number of nitrogens with zero attached hydrogens (tertiary/aromatic N) is 2. The summed E-state index contributed by atoms with van der Waals surface area (Å²) < 4.78 is 0. The average molecular weight is 598 g/mol. The molecule has 1 atom stereocenters. The van der Waals surface area contributed by atoms with E-state index in [-0.39, 0.29) is 29.8 Å². The van der Waals surface area contributed by atoms with Crippen molar-refractivity contribution in [3.8, 4) is 11.1 Å². The number of hydrogen-bond acceptors (Lipinski definition) is 5. The van der Waals surface area contributed by atoms with E-state index in [4.69, 9.17) is 0 Å². The molecule has 8 nitrogen and oxygen atoms in total. The number of piperazine rings is 1. The van der Waals surface area contributed by atoms with Gasteiger partial charge in [-0.25, -0.2) is 4.79 Å². The van der Waals surface area contributed by atoms with Crippen LogP contribution in [-0.2, 0) is 16.1 Å². The number of hydrogen-bond donors (Lipinski definition) is 3. The first-order valence-electron chi connectivity index (χ1n) is 15.2. The van der Waals surface area contributed by atoms with Crippen LogP contribution in [0.2, 0.25) is 0 Å². The minimum absolute atomic E-state index is 0. The molecule has 5 rings (SSSR count). The molecule has 3 aliphatic rings. The highest BCUT2D eigenvalue weighted by molar-refractivity contribution is 6.00. The standard InChI is InChI=1S/C33H43N3O5.ClH/c1-2-3-17-36-29(37)28(22-32(41)13-5-4-6-14-32)34-31(40)33(36)15-18-35(19-16-33)23-24-9-7-10-25(20-24)26-11-8-12-27(21-26)30(38)39;/h7-12,20-21,28,41H,2-6,13-19,22-23H2,1H3,(H,34,40)(H,38,39);1H/t28-;/m1./s1. The van der Waals surface area contributed by atoms with Crippen LogP contribution in [0.25, 0.3) is 11.1 Å². The molecule has 3 N–H and O–H groups in total. The Balaban J connectivity index is 0.00000405. The number of benzene rings is 2. The molecule has 2 heterocycles. The second-order valence-corrected chi connectivity index (χ2v) is 12.3. The number of halogens is 1. The van der Waals surface area contributed by atoms with Crippen LogP contribution in [0.4, 0.5) is 0 Å². The largest absolute Gasteiger partial charge is 0.478 e. The average Bonchev–Trinajstić information content (AvgIpc) is 2.97. The predicted octanol–water partition coefficient (Wildman–Crippen LogP) is 5.02. The summed E-state index contributed by atoms with van der Waals surface area (Å²) in [6.45, 7) is 4.75. The molecule has 2 aliphatic heterocycles. The van der Waals surface area contributed by atoms with E-state index < -0.39 is 23.2 Å². The van der Waals surface area contributed by atoms with E-state index in [2.05, 4.69) is 29.3 Å². The minimum Gasteiger partial charge on any atom is -0.478 e. The van der Waals surface area contributed by atoms with Crippen molar-refractivity contribution in [1.82, 2.24) is 15.1 Å². The van der Waals surface area contributed by atoms with Crippen molar-refractivity contribution in [3.05, 3.63) is 59.7 Å². The van der Waals surface area contributed by atoms with Crippen molar-refractivity contribution in [3.63, 3.8) is 0 Å². The van der Waals surface area contributed by atoms with Crippen LogP contribution in [0.15, 0.2) is 48.5 Å². The van der Waals surface area contributed by atoms with Crippen molar-refractivity contribution in [2.45, 2.75) is 94.9 Å². The van der Waals surface area contributed by atoms with Crippen molar-refractivity contribution >= 4 is 30.2 Å². The zero-order valence-electron chi connectivity index (χ0n) is 24.5. The van der Waals surface area contributed by atoms with E-state index in [0.29, 0.717) is 58.3 Å². The normalized spacial score (nSPS) is 22.0. The Morgan fingerprint density at radius 3 is 2.31 bits per heavy atom. The van der Waals surface area contributed by atoms with Crippen molar-refractivity contribution in [2.24, 2.45) is 0 Å². The van der Waals surface area contributed by atoms with Gasteiger partial charge in [0.05, 0.1) is 11.2 Å². The number of unbranched alkanes of at least 4 members (excludes halogenated alkanes) is 1. The number of carboxylic acid groups (broad SMARTS) is 1. The smallest absolute Gasteiger partial charge is 0.335 e. The van der Waals surface area contributed by atoms with Gasteiger partial charge in [-0.05, 0) is 67.0 Å². The monoisotopic (exact) mass is 597 g/mol. The molecule has 1 spiro atoms. The lowest BCUT2D eigenvalue weighted by molar-refractivity contribution is -0.163. The number of nitrogens with one attached hydrogen (secondary N) is 1. The number of carbonyl (C=O) groups excluding carboxylic acids is 2. The number of amides is 2. The van der Waals surface area contributed by atoms with E-state index in [1.54, 1.807) is 18.2 Å². The Morgan fingerprint density at radius 1 is 0.976 bits per heavy atom. The third-order valence-corrected chi connectivity index (χ3v) is 9.37. The van der Waals surface area contributed by atoms with Crippen LogP contribution >= 0.6 is 12.4 Å². The maximum Gasteiger partial charge on any atom is 0.335 e. The number of aliphatic hydroxyl groups is 1. The number of rotatable bonds is 9. The highest BCUT2D eigenvalue weighted by Crippen LogP contribution is 2.38. The van der Waals surface area contributed by atoms with Gasteiger partial charge in [0.1, 0.15) is 11.6 Å². The molecule has 42 heavy (non-hydrogen) atoms.